The minimum absolute atomic E-state index is 0.640. The smallest absolute Gasteiger partial charge is 0.113 e. The minimum atomic E-state index is 0.640. The van der Waals surface area contributed by atoms with Crippen molar-refractivity contribution >= 4 is 5.69 Å². The number of nitrogens with zero attached hydrogens (tertiary/aromatic N) is 3. The van der Waals surface area contributed by atoms with Gasteiger partial charge in [-0.15, -0.1) is 0 Å². The van der Waals surface area contributed by atoms with E-state index in [0.29, 0.717) is 18.5 Å². The number of nitrogen functional groups attached to an aromatic ring is 1. The summed E-state index contributed by atoms with van der Waals surface area (Å²) in [5, 5.41) is 9.19. The molecule has 22 heavy (non-hydrogen) atoms. The van der Waals surface area contributed by atoms with Crippen LogP contribution in [0.4, 0.5) is 5.69 Å². The van der Waals surface area contributed by atoms with Crippen molar-refractivity contribution in [1.29, 1.82) is 5.26 Å². The van der Waals surface area contributed by atoms with E-state index in [0.717, 1.165) is 22.6 Å². The summed E-state index contributed by atoms with van der Waals surface area (Å²) >= 11 is 0. The third-order valence-electron chi connectivity index (χ3n) is 3.59. The van der Waals surface area contributed by atoms with Gasteiger partial charge in [-0.25, -0.2) is 4.98 Å². The van der Waals surface area contributed by atoms with Crippen LogP contribution >= 0.6 is 0 Å². The second-order valence-corrected chi connectivity index (χ2v) is 5.16. The van der Waals surface area contributed by atoms with Gasteiger partial charge in [0, 0.05) is 24.5 Å². The van der Waals surface area contributed by atoms with Gasteiger partial charge in [0.25, 0.3) is 0 Å². The third kappa shape index (κ3) is 2.99. The Labute approximate surface area is 129 Å². The van der Waals surface area contributed by atoms with Crippen LogP contribution in [0.5, 0.6) is 0 Å². The van der Waals surface area contributed by atoms with Gasteiger partial charge in [0.2, 0.25) is 0 Å². The molecular formula is C18H16N4. The molecule has 0 radical (unpaired) electrons. The molecule has 0 amide bonds. The number of imidazole rings is 1. The minimum Gasteiger partial charge on any atom is -0.399 e. The fourth-order valence-corrected chi connectivity index (χ4v) is 2.49. The Morgan fingerprint density at radius 1 is 1.14 bits per heavy atom. The number of hydrogen-bond donors (Lipinski definition) is 1. The predicted octanol–water partition coefficient (Wildman–Crippen LogP) is 2.98. The molecular weight excluding hydrogens is 272 g/mol. The molecule has 0 bridgehead atoms. The van der Waals surface area contributed by atoms with E-state index in [9.17, 15) is 5.26 Å². The molecule has 2 aromatic carbocycles. The summed E-state index contributed by atoms with van der Waals surface area (Å²) in [6.45, 7) is 0.640. The maximum atomic E-state index is 9.19. The van der Waals surface area contributed by atoms with Gasteiger partial charge in [0.1, 0.15) is 5.82 Å². The molecule has 0 unspecified atom stereocenters. The Bertz CT molecular complexity index is 827. The van der Waals surface area contributed by atoms with Crippen molar-refractivity contribution in [3.8, 4) is 6.07 Å². The van der Waals surface area contributed by atoms with Crippen LogP contribution in [0.15, 0.2) is 60.9 Å². The average Bonchev–Trinajstić information content (AvgIpc) is 2.95. The lowest BCUT2D eigenvalue weighted by Gasteiger charge is -2.09. The number of benzene rings is 2. The van der Waals surface area contributed by atoms with Gasteiger partial charge >= 0.3 is 0 Å². The molecule has 1 heterocycles. The van der Waals surface area contributed by atoms with Gasteiger partial charge in [-0.05, 0) is 29.3 Å². The van der Waals surface area contributed by atoms with E-state index in [-0.39, 0.29) is 0 Å². The van der Waals surface area contributed by atoms with E-state index in [2.05, 4.69) is 15.6 Å². The first-order valence-corrected chi connectivity index (χ1v) is 7.08. The molecule has 108 valence electrons. The summed E-state index contributed by atoms with van der Waals surface area (Å²) < 4.78 is 2.07. The normalized spacial score (nSPS) is 10.3. The number of aromatic nitrogens is 2. The van der Waals surface area contributed by atoms with Crippen LogP contribution in [-0.2, 0) is 13.0 Å². The zero-order valence-electron chi connectivity index (χ0n) is 12.1. The molecule has 3 aromatic rings. The van der Waals surface area contributed by atoms with Crippen LogP contribution in [0.25, 0.3) is 0 Å². The fraction of sp³-hybridized carbons (Fsp3) is 0.111. The lowest BCUT2D eigenvalue weighted by molar-refractivity contribution is 0.739. The van der Waals surface area contributed by atoms with Crippen LogP contribution < -0.4 is 5.73 Å². The molecule has 0 saturated heterocycles. The van der Waals surface area contributed by atoms with Gasteiger partial charge in [-0.2, -0.15) is 5.26 Å². The maximum Gasteiger partial charge on any atom is 0.113 e. The highest BCUT2D eigenvalue weighted by molar-refractivity contribution is 5.41. The highest BCUT2D eigenvalue weighted by Crippen LogP contribution is 2.14. The summed E-state index contributed by atoms with van der Waals surface area (Å²) in [5.41, 5.74) is 9.40. The Morgan fingerprint density at radius 3 is 2.82 bits per heavy atom. The number of nitrogens with two attached hydrogens (primary N) is 1. The van der Waals surface area contributed by atoms with Crippen LogP contribution in [0, 0.1) is 11.3 Å². The SMILES string of the molecule is N#Cc1ccccc1Cn1ccnc1Cc1cccc(N)c1. The van der Waals surface area contributed by atoms with Crippen LogP contribution in [0.1, 0.15) is 22.5 Å². The summed E-state index contributed by atoms with van der Waals surface area (Å²) in [6.07, 6.45) is 4.44. The van der Waals surface area contributed by atoms with Gasteiger partial charge in [-0.1, -0.05) is 30.3 Å². The summed E-state index contributed by atoms with van der Waals surface area (Å²) in [7, 11) is 0. The van der Waals surface area contributed by atoms with Gasteiger partial charge < -0.3 is 10.3 Å². The zero-order valence-corrected chi connectivity index (χ0v) is 12.1. The van der Waals surface area contributed by atoms with E-state index >= 15 is 0 Å². The molecule has 0 aliphatic rings. The van der Waals surface area contributed by atoms with Crippen LogP contribution in [0.2, 0.25) is 0 Å². The van der Waals surface area contributed by atoms with E-state index in [1.807, 2.05) is 54.7 Å². The second kappa shape index (κ2) is 6.15. The highest BCUT2D eigenvalue weighted by Gasteiger charge is 2.07. The average molecular weight is 288 g/mol. The number of nitriles is 1. The van der Waals surface area contributed by atoms with E-state index < -0.39 is 0 Å². The van der Waals surface area contributed by atoms with Gasteiger partial charge in [0.05, 0.1) is 18.2 Å². The lowest BCUT2D eigenvalue weighted by Crippen LogP contribution is -2.06. The third-order valence-corrected chi connectivity index (χ3v) is 3.59. The van der Waals surface area contributed by atoms with Gasteiger partial charge in [0.15, 0.2) is 0 Å². The maximum absolute atomic E-state index is 9.19. The molecule has 0 spiro atoms. The zero-order chi connectivity index (χ0) is 15.4. The Kier molecular flexibility index (Phi) is 3.88. The molecule has 0 atom stereocenters. The standard InChI is InChI=1S/C18H16N4/c19-12-15-5-1-2-6-16(15)13-22-9-8-21-18(22)11-14-4-3-7-17(20)10-14/h1-10H,11,13,20H2. The summed E-state index contributed by atoms with van der Waals surface area (Å²) in [6, 6.07) is 17.7. The number of hydrogen-bond acceptors (Lipinski definition) is 3. The quantitative estimate of drug-likeness (QED) is 0.750. The van der Waals surface area contributed by atoms with Crippen molar-refractivity contribution in [2.75, 3.05) is 5.73 Å². The van der Waals surface area contributed by atoms with E-state index in [4.69, 9.17) is 5.73 Å². The Hall–Kier alpha value is -3.06. The molecule has 0 aliphatic heterocycles. The van der Waals surface area contributed by atoms with Crippen molar-refractivity contribution in [3.63, 3.8) is 0 Å². The molecule has 4 nitrogen and oxygen atoms in total. The summed E-state index contributed by atoms with van der Waals surface area (Å²) in [4.78, 5) is 4.43. The first-order chi connectivity index (χ1) is 10.8. The first-order valence-electron chi connectivity index (χ1n) is 7.08. The topological polar surface area (TPSA) is 67.6 Å². The molecule has 1 aromatic heterocycles. The Morgan fingerprint density at radius 2 is 2.00 bits per heavy atom. The van der Waals surface area contributed by atoms with Crippen molar-refractivity contribution < 1.29 is 0 Å². The molecule has 0 saturated carbocycles. The number of rotatable bonds is 4. The molecule has 0 aliphatic carbocycles. The van der Waals surface area contributed by atoms with Crippen molar-refractivity contribution in [2.24, 2.45) is 0 Å². The molecule has 0 fully saturated rings. The van der Waals surface area contributed by atoms with Gasteiger partial charge in [-0.3, -0.25) is 0 Å². The lowest BCUT2D eigenvalue weighted by atomic mass is 10.1. The second-order valence-electron chi connectivity index (χ2n) is 5.16. The Balaban J connectivity index is 1.85. The highest BCUT2D eigenvalue weighted by atomic mass is 15.1. The van der Waals surface area contributed by atoms with Crippen LogP contribution in [-0.4, -0.2) is 9.55 Å². The molecule has 3 rings (SSSR count). The van der Waals surface area contributed by atoms with E-state index in [1.54, 1.807) is 6.20 Å². The van der Waals surface area contributed by atoms with Crippen molar-refractivity contribution in [2.45, 2.75) is 13.0 Å². The van der Waals surface area contributed by atoms with Crippen LogP contribution in [0.3, 0.4) is 0 Å². The van der Waals surface area contributed by atoms with Crippen molar-refractivity contribution in [1.82, 2.24) is 9.55 Å². The predicted molar refractivity (Wildman–Crippen MR) is 86.1 cm³/mol. The fourth-order valence-electron chi connectivity index (χ4n) is 2.49. The molecule has 4 heteroatoms. The first kappa shape index (κ1) is 13.9. The van der Waals surface area contributed by atoms with Crippen molar-refractivity contribution in [3.05, 3.63) is 83.4 Å². The summed E-state index contributed by atoms with van der Waals surface area (Å²) in [5.74, 6) is 0.957. The molecule has 2 N–H and O–H groups in total. The largest absolute Gasteiger partial charge is 0.399 e. The monoisotopic (exact) mass is 288 g/mol. The van der Waals surface area contributed by atoms with E-state index in [1.165, 1.54) is 0 Å². The number of anilines is 1.